The Balaban J connectivity index is 2.20. The molecule has 0 aromatic heterocycles. The van der Waals surface area contributed by atoms with Crippen LogP contribution in [0.1, 0.15) is 26.2 Å². The molecule has 1 fully saturated rings. The van der Waals surface area contributed by atoms with Crippen molar-refractivity contribution in [2.24, 2.45) is 17.8 Å². The van der Waals surface area contributed by atoms with Crippen LogP contribution in [0.4, 0.5) is 0 Å². The molecule has 0 saturated heterocycles. The van der Waals surface area contributed by atoms with Gasteiger partial charge in [-0.15, -0.1) is 0 Å². The second kappa shape index (κ2) is 8.92. The molecule has 1 aliphatic rings. The van der Waals surface area contributed by atoms with Gasteiger partial charge in [-0.05, 0) is 25.2 Å². The molecule has 0 aromatic rings. The van der Waals surface area contributed by atoms with E-state index in [-0.39, 0.29) is 5.91 Å². The molecule has 1 saturated carbocycles. The Morgan fingerprint density at radius 1 is 1.20 bits per heavy atom. The predicted molar refractivity (Wildman–Crippen MR) is 73.3 cm³/mol. The summed E-state index contributed by atoms with van der Waals surface area (Å²) < 4.78 is 10.1. The molecular weight excluding hydrogens is 262 g/mol. The molecule has 1 unspecified atom stereocenters. The molecule has 0 heterocycles. The predicted octanol–water partition coefficient (Wildman–Crippen LogP) is 0.903. The first kappa shape index (κ1) is 16.9. The number of carboxylic acid groups (broad SMARTS) is 1. The molecule has 20 heavy (non-hydrogen) atoms. The maximum atomic E-state index is 12.0. The molecule has 1 amide bonds. The van der Waals surface area contributed by atoms with Crippen LogP contribution in [0.15, 0.2) is 0 Å². The van der Waals surface area contributed by atoms with Crippen molar-refractivity contribution in [2.75, 3.05) is 33.5 Å². The van der Waals surface area contributed by atoms with E-state index in [1.54, 1.807) is 7.11 Å². The van der Waals surface area contributed by atoms with Gasteiger partial charge in [0.25, 0.3) is 0 Å². The van der Waals surface area contributed by atoms with Gasteiger partial charge in [0.05, 0.1) is 25.0 Å². The Kier molecular flexibility index (Phi) is 7.54. The highest BCUT2D eigenvalue weighted by Crippen LogP contribution is 2.36. The van der Waals surface area contributed by atoms with Crippen LogP contribution in [0, 0.1) is 17.8 Å². The lowest BCUT2D eigenvalue weighted by Crippen LogP contribution is -2.36. The SMILES string of the molecule is COCCOCCCNC(=O)[C@H]1CC(C)C[C@H]1C(=O)O. The van der Waals surface area contributed by atoms with E-state index >= 15 is 0 Å². The van der Waals surface area contributed by atoms with Gasteiger partial charge in [-0.2, -0.15) is 0 Å². The van der Waals surface area contributed by atoms with Crippen LogP contribution < -0.4 is 5.32 Å². The molecule has 1 aliphatic carbocycles. The summed E-state index contributed by atoms with van der Waals surface area (Å²) in [6, 6.07) is 0. The molecule has 6 heteroatoms. The van der Waals surface area contributed by atoms with Gasteiger partial charge >= 0.3 is 5.97 Å². The zero-order valence-electron chi connectivity index (χ0n) is 12.3. The van der Waals surface area contributed by atoms with E-state index in [0.29, 0.717) is 45.1 Å². The van der Waals surface area contributed by atoms with Crippen LogP contribution in [0.2, 0.25) is 0 Å². The van der Waals surface area contributed by atoms with E-state index in [9.17, 15) is 9.59 Å². The summed E-state index contributed by atoms with van der Waals surface area (Å²) in [5.74, 6) is -1.64. The van der Waals surface area contributed by atoms with Gasteiger partial charge in [-0.1, -0.05) is 6.92 Å². The van der Waals surface area contributed by atoms with Gasteiger partial charge < -0.3 is 19.9 Å². The zero-order valence-corrected chi connectivity index (χ0v) is 12.3. The normalized spacial score (nSPS) is 25.6. The summed E-state index contributed by atoms with van der Waals surface area (Å²) in [6.07, 6.45) is 1.97. The maximum Gasteiger partial charge on any atom is 0.307 e. The first-order chi connectivity index (χ1) is 9.56. The standard InChI is InChI=1S/C14H25NO5/c1-10-8-11(12(9-10)14(17)18)13(16)15-4-3-5-20-7-6-19-2/h10-12H,3-9H2,1-2H3,(H,15,16)(H,17,18)/t10?,11-,12+/m0/s1. The van der Waals surface area contributed by atoms with Crippen molar-refractivity contribution < 1.29 is 24.2 Å². The highest BCUT2D eigenvalue weighted by atomic mass is 16.5. The van der Waals surface area contributed by atoms with E-state index in [4.69, 9.17) is 14.6 Å². The van der Waals surface area contributed by atoms with Crippen molar-refractivity contribution in [3.63, 3.8) is 0 Å². The van der Waals surface area contributed by atoms with Gasteiger partial charge in [0.15, 0.2) is 0 Å². The number of ether oxygens (including phenoxy) is 2. The van der Waals surface area contributed by atoms with Crippen LogP contribution in [0.3, 0.4) is 0 Å². The average Bonchev–Trinajstić information content (AvgIpc) is 2.80. The quantitative estimate of drug-likeness (QED) is 0.616. The van der Waals surface area contributed by atoms with E-state index in [0.717, 1.165) is 6.42 Å². The first-order valence-electron chi connectivity index (χ1n) is 7.13. The van der Waals surface area contributed by atoms with Gasteiger partial charge in [0.2, 0.25) is 5.91 Å². The number of rotatable bonds is 9. The fourth-order valence-electron chi connectivity index (χ4n) is 2.62. The van der Waals surface area contributed by atoms with Crippen molar-refractivity contribution in [3.05, 3.63) is 0 Å². The molecule has 0 spiro atoms. The topological polar surface area (TPSA) is 84.9 Å². The largest absolute Gasteiger partial charge is 0.481 e. The fourth-order valence-corrected chi connectivity index (χ4v) is 2.62. The minimum absolute atomic E-state index is 0.140. The van der Waals surface area contributed by atoms with Crippen molar-refractivity contribution in [1.29, 1.82) is 0 Å². The van der Waals surface area contributed by atoms with E-state index in [1.807, 2.05) is 6.92 Å². The molecule has 3 atom stereocenters. The number of hydrogen-bond donors (Lipinski definition) is 2. The molecule has 6 nitrogen and oxygen atoms in total. The number of amides is 1. The number of hydrogen-bond acceptors (Lipinski definition) is 4. The summed E-state index contributed by atoms with van der Waals surface area (Å²) in [5.41, 5.74) is 0. The summed E-state index contributed by atoms with van der Waals surface area (Å²) in [6.45, 7) is 4.18. The Morgan fingerprint density at radius 2 is 1.90 bits per heavy atom. The number of carbonyl (C=O) groups is 2. The van der Waals surface area contributed by atoms with Crippen LogP contribution in [0.5, 0.6) is 0 Å². The lowest BCUT2D eigenvalue weighted by Gasteiger charge is -2.15. The summed E-state index contributed by atoms with van der Waals surface area (Å²) in [7, 11) is 1.62. The minimum atomic E-state index is -0.864. The highest BCUT2D eigenvalue weighted by molar-refractivity contribution is 5.85. The third kappa shape index (κ3) is 5.46. The van der Waals surface area contributed by atoms with Crippen molar-refractivity contribution in [1.82, 2.24) is 5.32 Å². The molecule has 2 N–H and O–H groups in total. The summed E-state index contributed by atoms with van der Waals surface area (Å²) in [5, 5.41) is 11.9. The van der Waals surface area contributed by atoms with Gasteiger partial charge in [0.1, 0.15) is 0 Å². The third-order valence-electron chi connectivity index (χ3n) is 3.65. The average molecular weight is 287 g/mol. The van der Waals surface area contributed by atoms with E-state index in [2.05, 4.69) is 5.32 Å². The Bertz CT molecular complexity index is 321. The lowest BCUT2D eigenvalue weighted by molar-refractivity contribution is -0.146. The van der Waals surface area contributed by atoms with E-state index in [1.165, 1.54) is 0 Å². The summed E-state index contributed by atoms with van der Waals surface area (Å²) in [4.78, 5) is 23.1. The molecule has 0 bridgehead atoms. The van der Waals surface area contributed by atoms with Gasteiger partial charge in [-0.3, -0.25) is 9.59 Å². The maximum absolute atomic E-state index is 12.0. The second-order valence-electron chi connectivity index (χ2n) is 5.38. The summed E-state index contributed by atoms with van der Waals surface area (Å²) >= 11 is 0. The molecule has 1 rings (SSSR count). The fraction of sp³-hybridized carbons (Fsp3) is 0.857. The van der Waals surface area contributed by atoms with E-state index < -0.39 is 17.8 Å². The molecule has 0 aromatic carbocycles. The molecule has 0 aliphatic heterocycles. The number of nitrogens with one attached hydrogen (secondary N) is 1. The number of aliphatic carboxylic acids is 1. The zero-order chi connectivity index (χ0) is 15.0. The van der Waals surface area contributed by atoms with Crippen molar-refractivity contribution in [3.8, 4) is 0 Å². The Labute approximate surface area is 119 Å². The van der Waals surface area contributed by atoms with Crippen molar-refractivity contribution >= 4 is 11.9 Å². The smallest absolute Gasteiger partial charge is 0.307 e. The molecule has 116 valence electrons. The minimum Gasteiger partial charge on any atom is -0.481 e. The molecule has 0 radical (unpaired) electrons. The van der Waals surface area contributed by atoms with Crippen LogP contribution in [-0.2, 0) is 19.1 Å². The van der Waals surface area contributed by atoms with Gasteiger partial charge in [-0.25, -0.2) is 0 Å². The highest BCUT2D eigenvalue weighted by Gasteiger charge is 2.40. The Morgan fingerprint density at radius 3 is 2.55 bits per heavy atom. The first-order valence-corrected chi connectivity index (χ1v) is 7.13. The number of carbonyl (C=O) groups excluding carboxylic acids is 1. The van der Waals surface area contributed by atoms with Crippen LogP contribution in [0.25, 0.3) is 0 Å². The third-order valence-corrected chi connectivity index (χ3v) is 3.65. The van der Waals surface area contributed by atoms with Crippen LogP contribution >= 0.6 is 0 Å². The second-order valence-corrected chi connectivity index (χ2v) is 5.38. The lowest BCUT2D eigenvalue weighted by atomic mass is 9.95. The monoisotopic (exact) mass is 287 g/mol. The number of carboxylic acids is 1. The van der Waals surface area contributed by atoms with Gasteiger partial charge in [0, 0.05) is 20.3 Å². The molecular formula is C14H25NO5. The van der Waals surface area contributed by atoms with Crippen LogP contribution in [-0.4, -0.2) is 50.5 Å². The number of methoxy groups -OCH3 is 1. The Hall–Kier alpha value is -1.14. The van der Waals surface area contributed by atoms with Crippen molar-refractivity contribution in [2.45, 2.75) is 26.2 Å².